The standard InChI is InChI=1S/C21H21FO/c1-2-7-18(21(23)19-10-5-6-11-20(19)22)17-13-12-15-8-3-4-9-16(15)14-17/h3-6,8-14,18,21,23H,2,7H2,1H3/t18-,21-/m1/s1. The Balaban J connectivity index is 2.01. The molecule has 0 saturated carbocycles. The van der Waals surface area contributed by atoms with Crippen molar-refractivity contribution in [2.45, 2.75) is 31.8 Å². The Morgan fingerprint density at radius 1 is 0.913 bits per heavy atom. The summed E-state index contributed by atoms with van der Waals surface area (Å²) >= 11 is 0. The molecule has 1 N–H and O–H groups in total. The minimum absolute atomic E-state index is 0.110. The van der Waals surface area contributed by atoms with Gasteiger partial charge < -0.3 is 5.11 Å². The molecule has 3 aromatic rings. The fourth-order valence-corrected chi connectivity index (χ4v) is 3.19. The van der Waals surface area contributed by atoms with Gasteiger partial charge in [0.15, 0.2) is 0 Å². The summed E-state index contributed by atoms with van der Waals surface area (Å²) in [6, 6.07) is 20.9. The van der Waals surface area contributed by atoms with Crippen LogP contribution in [0.25, 0.3) is 10.8 Å². The highest BCUT2D eigenvalue weighted by atomic mass is 19.1. The molecule has 0 amide bonds. The molecule has 0 saturated heterocycles. The smallest absolute Gasteiger partial charge is 0.129 e. The van der Waals surface area contributed by atoms with Crippen LogP contribution in [0.2, 0.25) is 0 Å². The third-order valence-electron chi connectivity index (χ3n) is 4.41. The lowest BCUT2D eigenvalue weighted by Crippen LogP contribution is -2.12. The van der Waals surface area contributed by atoms with Crippen LogP contribution in [0.4, 0.5) is 4.39 Å². The average molecular weight is 308 g/mol. The molecule has 0 aromatic heterocycles. The monoisotopic (exact) mass is 308 g/mol. The van der Waals surface area contributed by atoms with Gasteiger partial charge in [0.2, 0.25) is 0 Å². The molecule has 0 unspecified atom stereocenters. The zero-order valence-corrected chi connectivity index (χ0v) is 13.2. The van der Waals surface area contributed by atoms with Crippen molar-refractivity contribution in [3.63, 3.8) is 0 Å². The number of hydrogen-bond donors (Lipinski definition) is 1. The van der Waals surface area contributed by atoms with Crippen molar-refractivity contribution in [2.75, 3.05) is 0 Å². The number of aliphatic hydroxyl groups is 1. The molecular weight excluding hydrogens is 287 g/mol. The molecule has 2 heteroatoms. The molecule has 0 aliphatic carbocycles. The second kappa shape index (κ2) is 6.93. The maximum atomic E-state index is 14.0. The Labute approximate surface area is 136 Å². The first-order chi connectivity index (χ1) is 11.2. The zero-order valence-electron chi connectivity index (χ0n) is 13.2. The van der Waals surface area contributed by atoms with E-state index in [0.717, 1.165) is 23.8 Å². The Kier molecular flexibility index (Phi) is 4.73. The van der Waals surface area contributed by atoms with Gasteiger partial charge in [-0.3, -0.25) is 0 Å². The van der Waals surface area contributed by atoms with Crippen LogP contribution >= 0.6 is 0 Å². The maximum Gasteiger partial charge on any atom is 0.129 e. The summed E-state index contributed by atoms with van der Waals surface area (Å²) in [7, 11) is 0. The molecule has 0 aliphatic heterocycles. The molecule has 3 aromatic carbocycles. The highest BCUT2D eigenvalue weighted by molar-refractivity contribution is 5.83. The predicted octanol–water partition coefficient (Wildman–Crippen LogP) is 5.60. The van der Waals surface area contributed by atoms with E-state index in [1.807, 2.05) is 18.2 Å². The van der Waals surface area contributed by atoms with Gasteiger partial charge >= 0.3 is 0 Å². The lowest BCUT2D eigenvalue weighted by atomic mass is 9.85. The number of halogens is 1. The molecule has 0 spiro atoms. The number of rotatable bonds is 5. The molecule has 0 radical (unpaired) electrons. The largest absolute Gasteiger partial charge is 0.388 e. The highest BCUT2D eigenvalue weighted by Crippen LogP contribution is 2.36. The third-order valence-corrected chi connectivity index (χ3v) is 4.41. The van der Waals surface area contributed by atoms with E-state index in [-0.39, 0.29) is 11.7 Å². The van der Waals surface area contributed by atoms with E-state index in [0.29, 0.717) is 5.56 Å². The molecule has 1 nitrogen and oxygen atoms in total. The number of fused-ring (bicyclic) bond motifs is 1. The first-order valence-electron chi connectivity index (χ1n) is 8.12. The van der Waals surface area contributed by atoms with Crippen molar-refractivity contribution in [1.82, 2.24) is 0 Å². The summed E-state index contributed by atoms with van der Waals surface area (Å²) in [5.41, 5.74) is 1.43. The van der Waals surface area contributed by atoms with Crippen LogP contribution in [-0.4, -0.2) is 5.11 Å². The minimum Gasteiger partial charge on any atom is -0.388 e. The zero-order chi connectivity index (χ0) is 16.2. The van der Waals surface area contributed by atoms with Gasteiger partial charge in [-0.15, -0.1) is 0 Å². The molecule has 0 heterocycles. The van der Waals surface area contributed by atoms with Crippen molar-refractivity contribution in [2.24, 2.45) is 0 Å². The summed E-state index contributed by atoms with van der Waals surface area (Å²) < 4.78 is 14.0. The minimum atomic E-state index is -0.836. The van der Waals surface area contributed by atoms with E-state index in [4.69, 9.17) is 0 Å². The van der Waals surface area contributed by atoms with Crippen LogP contribution in [0.5, 0.6) is 0 Å². The lowest BCUT2D eigenvalue weighted by molar-refractivity contribution is 0.135. The van der Waals surface area contributed by atoms with Crippen molar-refractivity contribution in [1.29, 1.82) is 0 Å². The summed E-state index contributed by atoms with van der Waals surface area (Å²) in [6.45, 7) is 2.09. The van der Waals surface area contributed by atoms with Gasteiger partial charge in [0.25, 0.3) is 0 Å². The van der Waals surface area contributed by atoms with Gasteiger partial charge in [0.05, 0.1) is 6.10 Å². The first-order valence-corrected chi connectivity index (χ1v) is 8.12. The van der Waals surface area contributed by atoms with E-state index in [2.05, 4.69) is 31.2 Å². The quantitative estimate of drug-likeness (QED) is 0.651. The molecule has 3 rings (SSSR count). The van der Waals surface area contributed by atoms with Crippen LogP contribution < -0.4 is 0 Å². The van der Waals surface area contributed by atoms with Crippen molar-refractivity contribution in [3.8, 4) is 0 Å². The fourth-order valence-electron chi connectivity index (χ4n) is 3.19. The third kappa shape index (κ3) is 3.27. The van der Waals surface area contributed by atoms with Crippen molar-refractivity contribution in [3.05, 3.63) is 83.7 Å². The molecule has 2 atom stereocenters. The van der Waals surface area contributed by atoms with Crippen LogP contribution in [0.3, 0.4) is 0 Å². The summed E-state index contributed by atoms with van der Waals surface area (Å²) in [6.07, 6.45) is 0.911. The van der Waals surface area contributed by atoms with Crippen LogP contribution in [0, 0.1) is 5.82 Å². The summed E-state index contributed by atoms with van der Waals surface area (Å²) in [4.78, 5) is 0. The maximum absolute atomic E-state index is 14.0. The topological polar surface area (TPSA) is 20.2 Å². The van der Waals surface area contributed by atoms with Crippen LogP contribution in [0.1, 0.15) is 42.9 Å². The van der Waals surface area contributed by atoms with E-state index in [1.165, 1.54) is 11.5 Å². The van der Waals surface area contributed by atoms with Crippen LogP contribution in [0.15, 0.2) is 66.7 Å². The lowest BCUT2D eigenvalue weighted by Gasteiger charge is -2.24. The van der Waals surface area contributed by atoms with Gasteiger partial charge in [-0.2, -0.15) is 0 Å². The summed E-state index contributed by atoms with van der Waals surface area (Å²) in [5, 5.41) is 13.1. The van der Waals surface area contributed by atoms with Crippen LogP contribution in [-0.2, 0) is 0 Å². The number of benzene rings is 3. The van der Waals surface area contributed by atoms with Crippen molar-refractivity contribution >= 4 is 10.8 Å². The Bertz CT molecular complexity index is 796. The van der Waals surface area contributed by atoms with Gasteiger partial charge in [0, 0.05) is 11.5 Å². The SMILES string of the molecule is CCC[C@H](c1ccc2ccccc2c1)[C@@H](O)c1ccccc1F. The highest BCUT2D eigenvalue weighted by Gasteiger charge is 2.24. The van der Waals surface area contributed by atoms with E-state index < -0.39 is 6.10 Å². The first kappa shape index (κ1) is 15.7. The molecule has 23 heavy (non-hydrogen) atoms. The Morgan fingerprint density at radius 3 is 2.35 bits per heavy atom. The van der Waals surface area contributed by atoms with Gasteiger partial charge in [-0.1, -0.05) is 74.0 Å². The Hall–Kier alpha value is -2.19. The second-order valence-corrected chi connectivity index (χ2v) is 5.97. The second-order valence-electron chi connectivity index (χ2n) is 5.97. The predicted molar refractivity (Wildman–Crippen MR) is 93.0 cm³/mol. The van der Waals surface area contributed by atoms with Crippen molar-refractivity contribution < 1.29 is 9.50 Å². The average Bonchev–Trinajstić information content (AvgIpc) is 2.59. The molecule has 0 bridgehead atoms. The fraction of sp³-hybridized carbons (Fsp3) is 0.238. The molecular formula is C21H21FO. The van der Waals surface area contributed by atoms with Gasteiger partial charge in [-0.05, 0) is 28.8 Å². The van der Waals surface area contributed by atoms with Gasteiger partial charge in [0.1, 0.15) is 5.82 Å². The molecule has 0 aliphatic rings. The van der Waals surface area contributed by atoms with E-state index in [1.54, 1.807) is 18.2 Å². The Morgan fingerprint density at radius 2 is 1.61 bits per heavy atom. The molecule has 118 valence electrons. The number of hydrogen-bond acceptors (Lipinski definition) is 1. The summed E-state index contributed by atoms with van der Waals surface area (Å²) in [5.74, 6) is -0.455. The number of aliphatic hydroxyl groups excluding tert-OH is 1. The molecule has 0 fully saturated rings. The normalized spacial score (nSPS) is 13.9. The van der Waals surface area contributed by atoms with Gasteiger partial charge in [-0.25, -0.2) is 4.39 Å². The van der Waals surface area contributed by atoms with E-state index in [9.17, 15) is 9.50 Å². The van der Waals surface area contributed by atoms with E-state index >= 15 is 0 Å².